The Labute approximate surface area is 383 Å². The number of carbonyl (C=O) groups is 2. The average molecular weight is 971 g/mol. The third kappa shape index (κ3) is 17.7. The molecule has 20 nitrogen and oxygen atoms in total. The number of aromatic amines is 2. The molecule has 0 spiro atoms. The molecule has 372 valence electrons. The van der Waals surface area contributed by atoms with Crippen molar-refractivity contribution in [2.24, 2.45) is 0 Å². The number of benzene rings is 2. The maximum absolute atomic E-state index is 12.5. The molecule has 2 aromatic carbocycles. The number of carboxylic acids is 2. The number of nitrogens with one attached hydrogen (secondary N) is 2. The van der Waals surface area contributed by atoms with Crippen LogP contribution in [0.1, 0.15) is 24.2 Å². The number of hydrogen-bond donors (Lipinski definition) is 4. The van der Waals surface area contributed by atoms with E-state index >= 15 is 0 Å². The first kappa shape index (κ1) is 53.7. The molecule has 2 aromatic heterocycles. The van der Waals surface area contributed by atoms with Crippen LogP contribution in [-0.2, 0) is 22.7 Å². The van der Waals surface area contributed by atoms with Gasteiger partial charge in [-0.3, -0.25) is 28.5 Å². The summed E-state index contributed by atoms with van der Waals surface area (Å²) in [6.45, 7) is 7.87. The first-order valence-corrected chi connectivity index (χ1v) is 21.1. The van der Waals surface area contributed by atoms with Crippen molar-refractivity contribution >= 4 is 23.3 Å². The van der Waals surface area contributed by atoms with Crippen LogP contribution < -0.4 is 41.8 Å². The van der Waals surface area contributed by atoms with Crippen molar-refractivity contribution < 1.29 is 55.6 Å². The molecule has 0 saturated carbocycles. The molecule has 6 rings (SSSR count). The van der Waals surface area contributed by atoms with Crippen LogP contribution in [0.2, 0.25) is 0 Å². The van der Waals surface area contributed by atoms with E-state index in [2.05, 4.69) is 30.2 Å². The first-order chi connectivity index (χ1) is 32.1. The summed E-state index contributed by atoms with van der Waals surface area (Å²) in [7, 11) is 0. The van der Waals surface area contributed by atoms with Crippen molar-refractivity contribution in [2.45, 2.75) is 52.1 Å². The zero-order chi connectivity index (χ0) is 50.0. The van der Waals surface area contributed by atoms with E-state index in [1.54, 1.807) is 62.4 Å². The second kappa shape index (κ2) is 25.3. The monoisotopic (exact) mass is 970 g/mol. The van der Waals surface area contributed by atoms with Crippen molar-refractivity contribution in [1.29, 1.82) is 0 Å². The number of carboxylic acid groups (broad SMARTS) is 2. The minimum atomic E-state index is -4.39. The molecule has 2 fully saturated rings. The second-order valence-electron chi connectivity index (χ2n) is 15.3. The highest BCUT2D eigenvalue weighted by Crippen LogP contribution is 2.32. The quantitative estimate of drug-likeness (QED) is 0.0932. The Balaban J connectivity index is 0.000000256. The molecule has 0 radical (unpaired) electrons. The zero-order valence-corrected chi connectivity index (χ0v) is 37.1. The largest absolute Gasteiger partial charge is 0.482 e. The molecule has 0 amide bonds. The van der Waals surface area contributed by atoms with Gasteiger partial charge in [-0.05, 0) is 64.0 Å². The average Bonchev–Trinajstić information content (AvgIpc) is 3.30. The van der Waals surface area contributed by atoms with Gasteiger partial charge in [0.25, 0.3) is 11.1 Å². The first-order valence-electron chi connectivity index (χ1n) is 21.1. The highest BCUT2D eigenvalue weighted by Gasteiger charge is 2.31. The van der Waals surface area contributed by atoms with Crippen molar-refractivity contribution in [1.82, 2.24) is 39.3 Å². The molecule has 26 heteroatoms. The van der Waals surface area contributed by atoms with Gasteiger partial charge in [-0.15, -0.1) is 0 Å². The summed E-state index contributed by atoms with van der Waals surface area (Å²) >= 11 is 0. The number of hydrogen-bond acceptors (Lipinski definition) is 14. The Morgan fingerprint density at radius 3 is 1.25 bits per heavy atom. The van der Waals surface area contributed by atoms with Crippen LogP contribution >= 0.6 is 0 Å². The lowest BCUT2D eigenvalue weighted by atomic mass is 10.2. The van der Waals surface area contributed by atoms with Crippen LogP contribution in [0.3, 0.4) is 0 Å². The molecular weight excluding hydrogens is 919 g/mol. The lowest BCUT2D eigenvalue weighted by molar-refractivity contribution is -0.154. The van der Waals surface area contributed by atoms with Gasteiger partial charge in [-0.2, -0.15) is 36.5 Å². The maximum Gasteiger partial charge on any atom is 0.422 e. The van der Waals surface area contributed by atoms with Crippen molar-refractivity contribution in [3.8, 4) is 11.5 Å². The van der Waals surface area contributed by atoms with E-state index in [4.69, 9.17) is 19.7 Å². The number of aliphatic carboxylic acids is 2. The number of anilines is 2. The number of halogens is 6. The summed E-state index contributed by atoms with van der Waals surface area (Å²) in [5.74, 6) is -2.08. The third-order valence-electron chi connectivity index (χ3n) is 10.3. The van der Waals surface area contributed by atoms with Gasteiger partial charge in [0.05, 0.1) is 11.4 Å². The summed E-state index contributed by atoms with van der Waals surface area (Å²) in [5, 5.41) is 27.5. The van der Waals surface area contributed by atoms with Crippen molar-refractivity contribution in [2.75, 3.05) is 88.5 Å². The summed E-state index contributed by atoms with van der Waals surface area (Å²) in [6, 6.07) is 13.4. The van der Waals surface area contributed by atoms with Crippen molar-refractivity contribution in [3.05, 3.63) is 114 Å². The van der Waals surface area contributed by atoms with Crippen LogP contribution in [-0.4, -0.2) is 152 Å². The summed E-state index contributed by atoms with van der Waals surface area (Å²) < 4.78 is 87.2. The minimum Gasteiger partial charge on any atom is -0.482 e. The molecular formula is C42H52F6N10O10. The summed E-state index contributed by atoms with van der Waals surface area (Å²) in [4.78, 5) is 75.0. The highest BCUT2D eigenvalue weighted by atomic mass is 19.4. The van der Waals surface area contributed by atoms with E-state index in [0.29, 0.717) is 115 Å². The van der Waals surface area contributed by atoms with Gasteiger partial charge in [-0.1, -0.05) is 24.3 Å². The Morgan fingerprint density at radius 1 is 0.588 bits per heavy atom. The minimum absolute atomic E-state index is 0.218. The van der Waals surface area contributed by atoms with Gasteiger partial charge in [-0.25, -0.2) is 29.4 Å². The highest BCUT2D eigenvalue weighted by molar-refractivity contribution is 5.89. The second-order valence-corrected chi connectivity index (χ2v) is 15.3. The topological polar surface area (TPSA) is 242 Å². The number of aromatic nitrogens is 6. The van der Waals surface area contributed by atoms with E-state index in [1.165, 1.54) is 0 Å². The van der Waals surface area contributed by atoms with E-state index in [9.17, 15) is 55.1 Å². The van der Waals surface area contributed by atoms with Crippen LogP contribution in [0.5, 0.6) is 11.5 Å². The van der Waals surface area contributed by atoms with Gasteiger partial charge in [0.15, 0.2) is 13.2 Å². The smallest absolute Gasteiger partial charge is 0.422 e. The van der Waals surface area contributed by atoms with Crippen LogP contribution in [0, 0.1) is 13.8 Å². The molecule has 4 N–H and O–H groups in total. The third-order valence-corrected chi connectivity index (χ3v) is 10.3. The Morgan fingerprint density at radius 2 is 0.926 bits per heavy atom. The Hall–Kier alpha value is -6.96. The summed E-state index contributed by atoms with van der Waals surface area (Å²) in [5.41, 5.74) is -0.0439. The molecule has 2 aliphatic heterocycles. The SMILES string of the molecule is Cc1n[nH]c(=O)n(CCCN2CCN(c3ccccc3OCC(F)(F)F)CC2)c1=O.Cc1n[nH]c(=O)n(CCCN2CCN(c3ccccc3OCC(F)(F)F)CC2)c1=O.O=C(O)/C=C/C(=O)O. The van der Waals surface area contributed by atoms with Gasteiger partial charge < -0.3 is 29.5 Å². The fraction of sp³-hybridized carbons (Fsp3) is 0.476. The molecule has 2 aliphatic rings. The predicted octanol–water partition coefficient (Wildman–Crippen LogP) is 2.50. The number of H-pyrrole nitrogens is 2. The Bertz CT molecular complexity index is 2370. The predicted molar refractivity (Wildman–Crippen MR) is 235 cm³/mol. The number of ether oxygens (including phenoxy) is 2. The lowest BCUT2D eigenvalue weighted by Crippen LogP contribution is -2.47. The molecule has 4 heterocycles. The van der Waals surface area contributed by atoms with E-state index < -0.39 is 48.9 Å². The number of alkyl halides is 6. The number of para-hydroxylation sites is 4. The molecule has 2 saturated heterocycles. The van der Waals surface area contributed by atoms with Crippen LogP contribution in [0.4, 0.5) is 37.7 Å². The maximum atomic E-state index is 12.5. The lowest BCUT2D eigenvalue weighted by Gasteiger charge is -2.36. The standard InChI is InChI=1S/2C19H24F3N5O3.C4H4O4/c2*1-14-17(28)27(18(29)24-23-14)8-4-7-25-9-11-26(12-10-25)15-5-2-3-6-16(15)30-13-19(20,21)22;5-3(6)1-2-4(7)8/h2*2-3,5-6H,4,7-13H2,1H3,(H,24,29);1-2H,(H,5,6)(H,7,8)/b;;2-1+. The molecule has 0 atom stereocenters. The van der Waals surface area contributed by atoms with Gasteiger partial charge >= 0.3 is 35.7 Å². The molecule has 4 aromatic rings. The number of piperazine rings is 2. The molecule has 0 unspecified atom stereocenters. The van der Waals surface area contributed by atoms with E-state index in [-0.39, 0.29) is 34.0 Å². The van der Waals surface area contributed by atoms with Gasteiger partial charge in [0.1, 0.15) is 22.9 Å². The van der Waals surface area contributed by atoms with Gasteiger partial charge in [0.2, 0.25) is 0 Å². The molecule has 0 bridgehead atoms. The molecule has 68 heavy (non-hydrogen) atoms. The van der Waals surface area contributed by atoms with E-state index in [1.807, 2.05) is 9.80 Å². The summed E-state index contributed by atoms with van der Waals surface area (Å²) in [6.07, 6.45) is -6.41. The number of aryl methyl sites for hydroxylation is 2. The fourth-order valence-corrected chi connectivity index (χ4v) is 6.93. The number of rotatable bonds is 16. The zero-order valence-electron chi connectivity index (χ0n) is 37.1. The van der Waals surface area contributed by atoms with Gasteiger partial charge in [0, 0.05) is 77.6 Å². The van der Waals surface area contributed by atoms with Crippen LogP contribution in [0.15, 0.2) is 79.9 Å². The number of nitrogens with zero attached hydrogens (tertiary/aromatic N) is 8. The van der Waals surface area contributed by atoms with Crippen LogP contribution in [0.25, 0.3) is 0 Å². The molecule has 0 aliphatic carbocycles. The fourth-order valence-electron chi connectivity index (χ4n) is 6.93. The van der Waals surface area contributed by atoms with Crippen molar-refractivity contribution in [3.63, 3.8) is 0 Å². The van der Waals surface area contributed by atoms with E-state index in [0.717, 1.165) is 9.13 Å². The normalized spacial score (nSPS) is 14.7. The Kier molecular flexibility index (Phi) is 19.9.